The number of alkyl halides is 3. The summed E-state index contributed by atoms with van der Waals surface area (Å²) < 4.78 is 40.3. The Balaban J connectivity index is 2.07. The number of thioether (sulfide) groups is 1. The number of para-hydroxylation sites is 1. The number of hydrogen-bond donors (Lipinski definition) is 3. The van der Waals surface area contributed by atoms with Gasteiger partial charge in [0.15, 0.2) is 5.16 Å². The number of nitrogens with zero attached hydrogens (tertiary/aromatic N) is 2. The minimum absolute atomic E-state index is 0.104. The van der Waals surface area contributed by atoms with E-state index >= 15 is 0 Å². The number of aromatic nitrogens is 2. The van der Waals surface area contributed by atoms with Crippen LogP contribution < -0.4 is 10.6 Å². The van der Waals surface area contributed by atoms with E-state index in [1.165, 1.54) is 36.0 Å². The molecule has 0 aliphatic rings. The average Bonchev–Trinajstić information content (AvgIpc) is 3.01. The number of aliphatic hydroxyl groups excluding tert-OH is 1. The Morgan fingerprint density at radius 3 is 2.59 bits per heavy atom. The molecular weight excluding hydrogens is 385 g/mol. The summed E-state index contributed by atoms with van der Waals surface area (Å²) in [6, 6.07) is 4.68. The highest BCUT2D eigenvalue weighted by molar-refractivity contribution is 7.99. The monoisotopic (exact) mass is 402 g/mol. The lowest BCUT2D eigenvalue weighted by molar-refractivity contribution is -0.137. The van der Waals surface area contributed by atoms with Crippen molar-refractivity contribution in [1.29, 1.82) is 0 Å². The third-order valence-electron chi connectivity index (χ3n) is 3.48. The van der Waals surface area contributed by atoms with Gasteiger partial charge < -0.3 is 20.3 Å². The quantitative estimate of drug-likeness (QED) is 0.615. The lowest BCUT2D eigenvalue weighted by Gasteiger charge is -2.13. The van der Waals surface area contributed by atoms with Crippen molar-refractivity contribution in [2.45, 2.75) is 24.5 Å². The van der Waals surface area contributed by atoms with Crippen LogP contribution in [-0.2, 0) is 28.9 Å². The summed E-state index contributed by atoms with van der Waals surface area (Å²) in [6.45, 7) is -0.455. The third-order valence-corrected chi connectivity index (χ3v) is 4.47. The van der Waals surface area contributed by atoms with Crippen molar-refractivity contribution in [1.82, 2.24) is 14.9 Å². The molecule has 2 aromatic rings. The fourth-order valence-electron chi connectivity index (χ4n) is 2.18. The van der Waals surface area contributed by atoms with Crippen LogP contribution in [0.15, 0.2) is 35.6 Å². The van der Waals surface area contributed by atoms with Crippen molar-refractivity contribution in [2.75, 3.05) is 18.1 Å². The summed E-state index contributed by atoms with van der Waals surface area (Å²) in [7, 11) is 1.45. The van der Waals surface area contributed by atoms with Crippen LogP contribution in [0.25, 0.3) is 0 Å². The summed E-state index contributed by atoms with van der Waals surface area (Å²) >= 11 is 0.944. The predicted molar refractivity (Wildman–Crippen MR) is 93.0 cm³/mol. The highest BCUT2D eigenvalue weighted by Gasteiger charge is 2.33. The number of hydrogen-bond acceptors (Lipinski definition) is 5. The largest absolute Gasteiger partial charge is 0.418 e. The standard InChI is InChI=1S/C16H17F3N4O3S/c1-20-13(25)7-23-10(8-24)6-21-15(23)27-9-14(26)22-12-5-3-2-4-11(12)16(17,18)19/h2-6,24H,7-9H2,1H3,(H,20,25)(H,22,26). The molecule has 7 nitrogen and oxygen atoms in total. The minimum Gasteiger partial charge on any atom is -0.390 e. The average molecular weight is 402 g/mol. The van der Waals surface area contributed by atoms with Gasteiger partial charge in [0.25, 0.3) is 0 Å². The molecule has 27 heavy (non-hydrogen) atoms. The molecule has 1 aromatic carbocycles. The summed E-state index contributed by atoms with van der Waals surface area (Å²) in [5.74, 6) is -1.20. The van der Waals surface area contributed by atoms with Gasteiger partial charge in [0.2, 0.25) is 11.8 Å². The molecule has 0 fully saturated rings. The zero-order chi connectivity index (χ0) is 20.0. The lowest BCUT2D eigenvalue weighted by atomic mass is 10.1. The molecule has 0 unspecified atom stereocenters. The Kier molecular flexibility index (Phi) is 6.86. The van der Waals surface area contributed by atoms with Crippen LogP contribution in [0.3, 0.4) is 0 Å². The Bertz CT molecular complexity index is 823. The van der Waals surface area contributed by atoms with Gasteiger partial charge in [-0.05, 0) is 12.1 Å². The zero-order valence-corrected chi connectivity index (χ0v) is 15.0. The molecule has 0 radical (unpaired) electrons. The molecule has 146 valence electrons. The van der Waals surface area contributed by atoms with Crippen molar-refractivity contribution in [3.63, 3.8) is 0 Å². The van der Waals surface area contributed by atoms with Gasteiger partial charge in [-0.2, -0.15) is 13.2 Å². The van der Waals surface area contributed by atoms with Crippen molar-refractivity contribution >= 4 is 29.3 Å². The first-order valence-corrected chi connectivity index (χ1v) is 8.69. The van der Waals surface area contributed by atoms with Gasteiger partial charge in [0.05, 0.1) is 35.5 Å². The number of aliphatic hydroxyl groups is 1. The SMILES string of the molecule is CNC(=O)Cn1c(CO)cnc1SCC(=O)Nc1ccccc1C(F)(F)F. The second kappa shape index (κ2) is 8.91. The number of rotatable bonds is 7. The summed E-state index contributed by atoms with van der Waals surface area (Å²) in [5, 5.41) is 14.3. The first-order chi connectivity index (χ1) is 12.8. The second-order valence-corrected chi connectivity index (χ2v) is 6.27. The van der Waals surface area contributed by atoms with E-state index in [-0.39, 0.29) is 30.5 Å². The molecule has 0 saturated heterocycles. The van der Waals surface area contributed by atoms with Crippen molar-refractivity contribution in [3.8, 4) is 0 Å². The molecule has 3 N–H and O–H groups in total. The van der Waals surface area contributed by atoms with E-state index in [1.54, 1.807) is 0 Å². The van der Waals surface area contributed by atoms with Crippen LogP contribution in [0.1, 0.15) is 11.3 Å². The van der Waals surface area contributed by atoms with Gasteiger partial charge in [-0.15, -0.1) is 0 Å². The van der Waals surface area contributed by atoms with E-state index in [2.05, 4.69) is 15.6 Å². The molecule has 2 amide bonds. The van der Waals surface area contributed by atoms with Gasteiger partial charge in [-0.25, -0.2) is 4.98 Å². The number of carbonyl (C=O) groups is 2. The first kappa shape index (κ1) is 20.8. The fraction of sp³-hybridized carbons (Fsp3) is 0.312. The van der Waals surface area contributed by atoms with Crippen LogP contribution in [-0.4, -0.2) is 39.3 Å². The molecule has 0 spiro atoms. The first-order valence-electron chi connectivity index (χ1n) is 7.71. The molecule has 1 aromatic heterocycles. The molecule has 0 saturated carbocycles. The number of imidazole rings is 1. The zero-order valence-electron chi connectivity index (χ0n) is 14.2. The van der Waals surface area contributed by atoms with E-state index in [4.69, 9.17) is 0 Å². The van der Waals surface area contributed by atoms with Gasteiger partial charge in [0.1, 0.15) is 6.54 Å². The van der Waals surface area contributed by atoms with E-state index < -0.39 is 17.6 Å². The Morgan fingerprint density at radius 1 is 1.26 bits per heavy atom. The topological polar surface area (TPSA) is 96.2 Å². The third kappa shape index (κ3) is 5.47. The van der Waals surface area contributed by atoms with Crippen molar-refractivity contribution < 1.29 is 27.9 Å². The highest BCUT2D eigenvalue weighted by Crippen LogP contribution is 2.34. The molecule has 0 aliphatic carbocycles. The highest BCUT2D eigenvalue weighted by atomic mass is 32.2. The maximum atomic E-state index is 13.0. The number of amides is 2. The smallest absolute Gasteiger partial charge is 0.390 e. The summed E-state index contributed by atoms with van der Waals surface area (Å²) in [5.41, 5.74) is -0.892. The lowest BCUT2D eigenvalue weighted by Crippen LogP contribution is -2.25. The normalized spacial score (nSPS) is 11.3. The van der Waals surface area contributed by atoms with Gasteiger partial charge in [-0.1, -0.05) is 23.9 Å². The molecule has 0 bridgehead atoms. The van der Waals surface area contributed by atoms with Crippen LogP contribution in [0.4, 0.5) is 18.9 Å². The number of benzene rings is 1. The Hall–Kier alpha value is -2.53. The number of carbonyl (C=O) groups excluding carboxylic acids is 2. The van der Waals surface area contributed by atoms with E-state index in [1.807, 2.05) is 0 Å². The van der Waals surface area contributed by atoms with Gasteiger partial charge in [0, 0.05) is 7.05 Å². The molecule has 0 atom stereocenters. The summed E-state index contributed by atoms with van der Waals surface area (Å²) in [4.78, 5) is 27.7. The maximum Gasteiger partial charge on any atom is 0.418 e. The second-order valence-electron chi connectivity index (χ2n) is 5.33. The van der Waals surface area contributed by atoms with Crippen LogP contribution >= 0.6 is 11.8 Å². The fourth-order valence-corrected chi connectivity index (χ4v) is 2.98. The van der Waals surface area contributed by atoms with E-state index in [0.29, 0.717) is 10.9 Å². The van der Waals surface area contributed by atoms with Crippen molar-refractivity contribution in [2.24, 2.45) is 0 Å². The molecular formula is C16H17F3N4O3S. The van der Waals surface area contributed by atoms with Crippen molar-refractivity contribution in [3.05, 3.63) is 41.7 Å². The number of nitrogens with one attached hydrogen (secondary N) is 2. The molecule has 0 aliphatic heterocycles. The van der Waals surface area contributed by atoms with Gasteiger partial charge in [-0.3, -0.25) is 9.59 Å². The van der Waals surface area contributed by atoms with Gasteiger partial charge >= 0.3 is 6.18 Å². The number of likely N-dealkylation sites (N-methyl/N-ethyl adjacent to an activating group) is 1. The van der Waals surface area contributed by atoms with Crippen LogP contribution in [0.5, 0.6) is 0 Å². The minimum atomic E-state index is -4.59. The van der Waals surface area contributed by atoms with Crippen LogP contribution in [0.2, 0.25) is 0 Å². The number of anilines is 1. The Morgan fingerprint density at radius 2 is 1.96 bits per heavy atom. The Labute approximate surface area is 157 Å². The van der Waals surface area contributed by atoms with E-state index in [0.717, 1.165) is 17.8 Å². The molecule has 11 heteroatoms. The van der Waals surface area contributed by atoms with Crippen LogP contribution in [0, 0.1) is 0 Å². The maximum absolute atomic E-state index is 13.0. The molecule has 2 rings (SSSR count). The molecule has 1 heterocycles. The van der Waals surface area contributed by atoms with E-state index in [9.17, 15) is 27.9 Å². The predicted octanol–water partition coefficient (Wildman–Crippen LogP) is 1.87. The summed E-state index contributed by atoms with van der Waals surface area (Å²) in [6.07, 6.45) is -3.22. The number of halogens is 3.